The van der Waals surface area contributed by atoms with Crippen molar-refractivity contribution in [2.75, 3.05) is 33.2 Å². The second-order valence-electron chi connectivity index (χ2n) is 10.7. The zero-order valence-electron chi connectivity index (χ0n) is 25.6. The summed E-state index contributed by atoms with van der Waals surface area (Å²) in [6.07, 6.45) is 5.82. The molecule has 0 bridgehead atoms. The van der Waals surface area contributed by atoms with Crippen LogP contribution in [0.2, 0.25) is 0 Å². The van der Waals surface area contributed by atoms with Crippen molar-refractivity contribution in [1.29, 1.82) is 0 Å². The van der Waals surface area contributed by atoms with Crippen molar-refractivity contribution in [1.82, 2.24) is 20.6 Å². The van der Waals surface area contributed by atoms with E-state index in [1.54, 1.807) is 46.0 Å². The quantitative estimate of drug-likeness (QED) is 0.249. The number of carbonyl (C=O) groups is 2. The van der Waals surface area contributed by atoms with E-state index in [0.717, 1.165) is 28.8 Å². The third-order valence-electron chi connectivity index (χ3n) is 7.97. The molecule has 1 aliphatic rings. The highest BCUT2D eigenvalue weighted by atomic mass is 16.5. The minimum Gasteiger partial charge on any atom is -0.493 e. The fraction of sp³-hybridized carbons (Fsp3) is 0.438. The van der Waals surface area contributed by atoms with Crippen LogP contribution in [0, 0.1) is 5.92 Å². The van der Waals surface area contributed by atoms with Crippen LogP contribution in [0.3, 0.4) is 0 Å². The monoisotopic (exact) mass is 591 g/mol. The van der Waals surface area contributed by atoms with Gasteiger partial charge in [0.05, 0.1) is 39.4 Å². The number of imidazole rings is 1. The number of benzene rings is 1. The Labute approximate surface area is 251 Å². The molecule has 2 aromatic carbocycles. The van der Waals surface area contributed by atoms with Crippen LogP contribution in [0.4, 0.5) is 5.69 Å². The molecule has 11 nitrogen and oxygen atoms in total. The molecule has 11 heteroatoms. The summed E-state index contributed by atoms with van der Waals surface area (Å²) in [6, 6.07) is 5.94. The number of rotatable bonds is 12. The van der Waals surface area contributed by atoms with Gasteiger partial charge in [-0.05, 0) is 53.6 Å². The Hall–Kier alpha value is -4.54. The summed E-state index contributed by atoms with van der Waals surface area (Å²) in [7, 11) is 4.67. The Balaban J connectivity index is 1.79. The van der Waals surface area contributed by atoms with E-state index in [-0.39, 0.29) is 28.8 Å². The number of aromatic amines is 1. The third kappa shape index (κ3) is 6.93. The van der Waals surface area contributed by atoms with Crippen molar-refractivity contribution in [3.05, 3.63) is 63.8 Å². The molecule has 3 aromatic rings. The Kier molecular flexibility index (Phi) is 10.3. The number of hydrogen-bond donors (Lipinski definition) is 4. The van der Waals surface area contributed by atoms with Crippen molar-refractivity contribution in [2.45, 2.75) is 58.5 Å². The zero-order chi connectivity index (χ0) is 31.1. The van der Waals surface area contributed by atoms with Crippen LogP contribution in [0.25, 0.3) is 11.1 Å². The number of fused-ring (bicyclic) bond motifs is 3. The van der Waals surface area contributed by atoms with Gasteiger partial charge in [-0.3, -0.25) is 14.4 Å². The number of aromatic nitrogens is 2. The Bertz CT molecular complexity index is 1510. The summed E-state index contributed by atoms with van der Waals surface area (Å²) in [6.45, 7) is 5.87. The molecule has 4 N–H and O–H groups in total. The van der Waals surface area contributed by atoms with E-state index >= 15 is 0 Å². The lowest BCUT2D eigenvalue weighted by molar-refractivity contribution is -0.123. The Morgan fingerprint density at radius 1 is 1.12 bits per heavy atom. The third-order valence-corrected chi connectivity index (χ3v) is 7.97. The predicted molar refractivity (Wildman–Crippen MR) is 165 cm³/mol. The molecule has 0 fully saturated rings. The molecule has 1 aromatic heterocycles. The van der Waals surface area contributed by atoms with Crippen molar-refractivity contribution in [3.63, 3.8) is 0 Å². The number of hydrogen-bond acceptors (Lipinski definition) is 8. The number of ether oxygens (including phenoxy) is 3. The van der Waals surface area contributed by atoms with Crippen LogP contribution in [-0.2, 0) is 22.4 Å². The van der Waals surface area contributed by atoms with Gasteiger partial charge in [0.2, 0.25) is 23.0 Å². The van der Waals surface area contributed by atoms with E-state index in [1.165, 1.54) is 6.92 Å². The molecule has 0 saturated carbocycles. The maximum absolute atomic E-state index is 13.8. The summed E-state index contributed by atoms with van der Waals surface area (Å²) in [5, 5.41) is 9.24. The molecule has 0 aliphatic heterocycles. The number of H-pyrrole nitrogens is 1. The van der Waals surface area contributed by atoms with Crippen molar-refractivity contribution in [3.8, 4) is 28.4 Å². The average Bonchev–Trinajstić information content (AvgIpc) is 3.41. The van der Waals surface area contributed by atoms with E-state index in [0.29, 0.717) is 48.6 Å². The molecule has 0 saturated heterocycles. The fourth-order valence-electron chi connectivity index (χ4n) is 5.55. The molecule has 1 aliphatic carbocycles. The second-order valence-corrected chi connectivity index (χ2v) is 10.7. The summed E-state index contributed by atoms with van der Waals surface area (Å²) in [4.78, 5) is 46.4. The summed E-state index contributed by atoms with van der Waals surface area (Å²) >= 11 is 0. The van der Waals surface area contributed by atoms with Crippen LogP contribution < -0.4 is 35.6 Å². The van der Waals surface area contributed by atoms with Gasteiger partial charge in [-0.15, -0.1) is 0 Å². The second kappa shape index (κ2) is 14.1. The molecule has 0 radical (unpaired) electrons. The van der Waals surface area contributed by atoms with E-state index in [9.17, 15) is 14.4 Å². The molecule has 2 amide bonds. The normalized spacial score (nSPS) is 15.2. The first kappa shape index (κ1) is 31.4. The zero-order valence-corrected chi connectivity index (χ0v) is 25.6. The molecular weight excluding hydrogens is 550 g/mol. The van der Waals surface area contributed by atoms with Crippen LogP contribution in [0.1, 0.15) is 56.5 Å². The minimum absolute atomic E-state index is 0.0560. The van der Waals surface area contributed by atoms with Gasteiger partial charge in [0.25, 0.3) is 0 Å². The number of nitrogens with zero attached hydrogens (tertiary/aromatic N) is 1. The fourth-order valence-corrected chi connectivity index (χ4v) is 5.55. The SMILES string of the molecule is CCC(C)C(Nc1ccc2c(cc1=O)C(NC(C)=O)CCc1cc(OC)c(OC)c(OC)c1-2)C(=O)NCCc1cnc[nH]1. The first-order valence-electron chi connectivity index (χ1n) is 14.5. The molecule has 43 heavy (non-hydrogen) atoms. The molecule has 230 valence electrons. The highest BCUT2D eigenvalue weighted by molar-refractivity contribution is 5.86. The lowest BCUT2D eigenvalue weighted by Gasteiger charge is -2.24. The van der Waals surface area contributed by atoms with Gasteiger partial charge < -0.3 is 35.1 Å². The molecule has 3 unspecified atom stereocenters. The van der Waals surface area contributed by atoms with Gasteiger partial charge >= 0.3 is 0 Å². The smallest absolute Gasteiger partial charge is 0.242 e. The number of carbonyl (C=O) groups excluding carboxylic acids is 2. The first-order valence-corrected chi connectivity index (χ1v) is 14.5. The van der Waals surface area contributed by atoms with E-state index in [2.05, 4.69) is 25.9 Å². The largest absolute Gasteiger partial charge is 0.493 e. The summed E-state index contributed by atoms with van der Waals surface area (Å²) in [5.41, 5.74) is 3.98. The first-order chi connectivity index (χ1) is 20.7. The van der Waals surface area contributed by atoms with Crippen molar-refractivity contribution in [2.24, 2.45) is 5.92 Å². The molecule has 0 spiro atoms. The standard InChI is InChI=1S/C32H41N5O6/c1-7-18(2)29(32(40)34-13-12-21-16-33-17-35-21)37-25-11-9-22-23(15-26(25)39)24(36-19(3)38)10-8-20-14-27(41-4)30(42-5)31(43-6)28(20)22/h9,11,14-18,24,29H,7-8,10,12-13H2,1-6H3,(H,33,35)(H,34,40)(H,36,38)(H,37,39). The predicted octanol–water partition coefficient (Wildman–Crippen LogP) is 3.77. The van der Waals surface area contributed by atoms with E-state index in [1.807, 2.05) is 26.0 Å². The highest BCUT2D eigenvalue weighted by Gasteiger charge is 2.30. The van der Waals surface area contributed by atoms with Crippen LogP contribution in [-0.4, -0.2) is 55.7 Å². The van der Waals surface area contributed by atoms with Gasteiger partial charge in [0.15, 0.2) is 11.5 Å². The lowest BCUT2D eigenvalue weighted by Crippen LogP contribution is -2.45. The van der Waals surface area contributed by atoms with E-state index < -0.39 is 12.1 Å². The number of nitrogens with one attached hydrogen (secondary N) is 4. The average molecular weight is 592 g/mol. The van der Waals surface area contributed by atoms with Gasteiger partial charge in [-0.1, -0.05) is 26.3 Å². The number of aryl methyl sites for hydroxylation is 1. The maximum atomic E-state index is 13.8. The molecular formula is C32H41N5O6. The molecule has 4 rings (SSSR count). The van der Waals surface area contributed by atoms with Gasteiger partial charge in [-0.25, -0.2) is 4.98 Å². The minimum atomic E-state index is -0.640. The van der Waals surface area contributed by atoms with Crippen LogP contribution >= 0.6 is 0 Å². The van der Waals surface area contributed by atoms with Crippen molar-refractivity contribution >= 4 is 17.5 Å². The molecule has 1 heterocycles. The van der Waals surface area contributed by atoms with Gasteiger partial charge in [-0.2, -0.15) is 0 Å². The van der Waals surface area contributed by atoms with Crippen LogP contribution in [0.15, 0.2) is 41.6 Å². The highest BCUT2D eigenvalue weighted by Crippen LogP contribution is 2.50. The maximum Gasteiger partial charge on any atom is 0.242 e. The lowest BCUT2D eigenvalue weighted by atomic mass is 9.95. The Morgan fingerprint density at radius 2 is 1.88 bits per heavy atom. The van der Waals surface area contributed by atoms with Crippen LogP contribution in [0.5, 0.6) is 17.2 Å². The summed E-state index contributed by atoms with van der Waals surface area (Å²) < 4.78 is 17.1. The molecule has 3 atom stereocenters. The number of anilines is 1. The van der Waals surface area contributed by atoms with E-state index in [4.69, 9.17) is 14.2 Å². The Morgan fingerprint density at radius 3 is 2.51 bits per heavy atom. The van der Waals surface area contributed by atoms with Gasteiger partial charge in [0, 0.05) is 37.3 Å². The van der Waals surface area contributed by atoms with Gasteiger partial charge in [0.1, 0.15) is 6.04 Å². The number of methoxy groups -OCH3 is 3. The summed E-state index contributed by atoms with van der Waals surface area (Å²) in [5.74, 6) is 0.984. The number of amides is 2. The topological polar surface area (TPSA) is 144 Å². The van der Waals surface area contributed by atoms with Crippen molar-refractivity contribution < 1.29 is 23.8 Å².